The van der Waals surface area contributed by atoms with E-state index in [1.54, 1.807) is 0 Å². The second-order valence-corrected chi connectivity index (χ2v) is 5.13. The molecule has 0 radical (unpaired) electrons. The number of piperidine rings is 1. The van der Waals surface area contributed by atoms with Crippen molar-refractivity contribution in [3.05, 3.63) is 19.6 Å². The summed E-state index contributed by atoms with van der Waals surface area (Å²) >= 11 is 2.07. The van der Waals surface area contributed by atoms with Crippen LogP contribution < -0.4 is 10.5 Å². The predicted octanol–water partition coefficient (Wildman–Crippen LogP) is 1.93. The number of nitrogens with one attached hydrogen (secondary N) is 1. The van der Waals surface area contributed by atoms with Gasteiger partial charge >= 0.3 is 0 Å². The molecule has 0 amide bonds. The first-order valence-electron chi connectivity index (χ1n) is 5.76. The molecule has 0 atom stereocenters. The van der Waals surface area contributed by atoms with Gasteiger partial charge in [-0.05, 0) is 48.3 Å². The smallest absolute Gasteiger partial charge is 0.265 e. The van der Waals surface area contributed by atoms with Gasteiger partial charge in [-0.2, -0.15) is 0 Å². The fourth-order valence-corrected chi connectivity index (χ4v) is 2.62. The Kier molecular flexibility index (Phi) is 3.83. The van der Waals surface area contributed by atoms with E-state index < -0.39 is 0 Å². The maximum atomic E-state index is 11.7. The van der Waals surface area contributed by atoms with Crippen LogP contribution in [0.15, 0.2) is 4.79 Å². The van der Waals surface area contributed by atoms with Gasteiger partial charge in [0.15, 0.2) is 0 Å². The van der Waals surface area contributed by atoms with E-state index in [0.29, 0.717) is 0 Å². The standard InChI is InChI=1S/C11H16IN3O/c1-2-8-9(12)10(16)14-11(13-8)15-6-4-3-5-7-15/h2-7H2,1H3,(H,13,14,16). The van der Waals surface area contributed by atoms with E-state index in [1.807, 2.05) is 6.92 Å². The molecular formula is C11H16IN3O. The zero-order chi connectivity index (χ0) is 11.5. The zero-order valence-electron chi connectivity index (χ0n) is 9.42. The van der Waals surface area contributed by atoms with E-state index >= 15 is 0 Å². The van der Waals surface area contributed by atoms with Crippen molar-refractivity contribution in [1.29, 1.82) is 0 Å². The average Bonchev–Trinajstić information content (AvgIpc) is 2.33. The molecule has 1 aromatic rings. The highest BCUT2D eigenvalue weighted by molar-refractivity contribution is 14.1. The minimum atomic E-state index is -0.00646. The summed E-state index contributed by atoms with van der Waals surface area (Å²) in [5, 5.41) is 0. The fraction of sp³-hybridized carbons (Fsp3) is 0.636. The molecule has 1 aromatic heterocycles. The average molecular weight is 333 g/mol. The van der Waals surface area contributed by atoms with Gasteiger partial charge in [0.1, 0.15) is 0 Å². The monoisotopic (exact) mass is 333 g/mol. The van der Waals surface area contributed by atoms with Crippen molar-refractivity contribution in [3.8, 4) is 0 Å². The normalized spacial score (nSPS) is 16.5. The third-order valence-corrected chi connectivity index (χ3v) is 4.02. The summed E-state index contributed by atoms with van der Waals surface area (Å²) in [4.78, 5) is 21.3. The van der Waals surface area contributed by atoms with E-state index in [2.05, 4.69) is 37.5 Å². The Morgan fingerprint density at radius 3 is 2.69 bits per heavy atom. The number of H-pyrrole nitrogens is 1. The lowest BCUT2D eigenvalue weighted by Crippen LogP contribution is -2.33. The van der Waals surface area contributed by atoms with Crippen LogP contribution >= 0.6 is 22.6 Å². The summed E-state index contributed by atoms with van der Waals surface area (Å²) in [5.74, 6) is 0.752. The minimum absolute atomic E-state index is 0.00646. The van der Waals surface area contributed by atoms with E-state index in [1.165, 1.54) is 19.3 Å². The summed E-state index contributed by atoms with van der Waals surface area (Å²) in [5.41, 5.74) is 0.901. The molecule has 5 heteroatoms. The van der Waals surface area contributed by atoms with Crippen molar-refractivity contribution in [3.63, 3.8) is 0 Å². The lowest BCUT2D eigenvalue weighted by Gasteiger charge is -2.27. The van der Waals surface area contributed by atoms with Gasteiger partial charge in [-0.15, -0.1) is 0 Å². The Balaban J connectivity index is 2.33. The fourth-order valence-electron chi connectivity index (χ4n) is 1.98. The highest BCUT2D eigenvalue weighted by Crippen LogP contribution is 2.16. The van der Waals surface area contributed by atoms with Gasteiger partial charge in [0, 0.05) is 13.1 Å². The number of hydrogen-bond donors (Lipinski definition) is 1. The summed E-state index contributed by atoms with van der Waals surface area (Å²) < 4.78 is 0.723. The highest BCUT2D eigenvalue weighted by atomic mass is 127. The minimum Gasteiger partial charge on any atom is -0.342 e. The molecule has 1 aliphatic heterocycles. The highest BCUT2D eigenvalue weighted by Gasteiger charge is 2.15. The van der Waals surface area contributed by atoms with Crippen molar-refractivity contribution < 1.29 is 0 Å². The van der Waals surface area contributed by atoms with Crippen LogP contribution in [-0.4, -0.2) is 23.1 Å². The third kappa shape index (κ3) is 2.39. The maximum Gasteiger partial charge on any atom is 0.265 e. The number of rotatable bonds is 2. The first-order chi connectivity index (χ1) is 7.72. The topological polar surface area (TPSA) is 49.0 Å². The van der Waals surface area contributed by atoms with Gasteiger partial charge in [0.2, 0.25) is 5.95 Å². The second-order valence-electron chi connectivity index (χ2n) is 4.05. The molecule has 2 heterocycles. The van der Waals surface area contributed by atoms with E-state index in [0.717, 1.165) is 34.7 Å². The van der Waals surface area contributed by atoms with Crippen LogP contribution in [0.1, 0.15) is 31.9 Å². The molecule has 0 spiro atoms. The lowest BCUT2D eigenvalue weighted by molar-refractivity contribution is 0.566. The summed E-state index contributed by atoms with van der Waals surface area (Å²) in [6.07, 6.45) is 4.48. The molecule has 0 aliphatic carbocycles. The van der Waals surface area contributed by atoms with Gasteiger partial charge in [-0.3, -0.25) is 9.78 Å². The molecule has 1 aliphatic rings. The van der Waals surface area contributed by atoms with Crippen LogP contribution in [0, 0.1) is 3.57 Å². The lowest BCUT2D eigenvalue weighted by atomic mass is 10.1. The zero-order valence-corrected chi connectivity index (χ0v) is 11.6. The van der Waals surface area contributed by atoms with Crippen LogP contribution in [0.4, 0.5) is 5.95 Å². The van der Waals surface area contributed by atoms with Crippen LogP contribution in [0.5, 0.6) is 0 Å². The number of nitrogens with zero attached hydrogens (tertiary/aromatic N) is 2. The molecular weight excluding hydrogens is 317 g/mol. The molecule has 1 N–H and O–H groups in total. The number of halogens is 1. The Hall–Kier alpha value is -0.590. The SMILES string of the molecule is CCc1nc(N2CCCCC2)[nH]c(=O)c1I. The number of aromatic nitrogens is 2. The molecule has 0 saturated carbocycles. The number of hydrogen-bond acceptors (Lipinski definition) is 3. The molecule has 1 fully saturated rings. The molecule has 4 nitrogen and oxygen atoms in total. The Labute approximate surface area is 109 Å². The summed E-state index contributed by atoms with van der Waals surface area (Å²) in [7, 11) is 0. The van der Waals surface area contributed by atoms with E-state index in [4.69, 9.17) is 0 Å². The first kappa shape index (κ1) is 11.9. The molecule has 0 bridgehead atoms. The predicted molar refractivity (Wildman–Crippen MR) is 73.0 cm³/mol. The van der Waals surface area contributed by atoms with Crippen LogP contribution in [0.25, 0.3) is 0 Å². The molecule has 88 valence electrons. The van der Waals surface area contributed by atoms with Gasteiger partial charge in [0.05, 0.1) is 9.26 Å². The van der Waals surface area contributed by atoms with Gasteiger partial charge in [0.25, 0.3) is 5.56 Å². The van der Waals surface area contributed by atoms with Crippen LogP contribution in [0.3, 0.4) is 0 Å². The van der Waals surface area contributed by atoms with Crippen molar-refractivity contribution in [2.75, 3.05) is 18.0 Å². The molecule has 0 aromatic carbocycles. The Morgan fingerprint density at radius 2 is 2.06 bits per heavy atom. The molecule has 0 unspecified atom stereocenters. The van der Waals surface area contributed by atoms with E-state index in [9.17, 15) is 4.79 Å². The summed E-state index contributed by atoms with van der Waals surface area (Å²) in [6, 6.07) is 0. The second kappa shape index (κ2) is 5.16. The van der Waals surface area contributed by atoms with Crippen LogP contribution in [0.2, 0.25) is 0 Å². The Morgan fingerprint density at radius 1 is 1.38 bits per heavy atom. The van der Waals surface area contributed by atoms with Gasteiger partial charge < -0.3 is 4.90 Å². The van der Waals surface area contributed by atoms with Crippen molar-refractivity contribution in [2.24, 2.45) is 0 Å². The largest absolute Gasteiger partial charge is 0.342 e. The molecule has 1 saturated heterocycles. The number of aryl methyl sites for hydroxylation is 1. The Bertz CT molecular complexity index is 424. The quantitative estimate of drug-likeness (QED) is 0.842. The number of anilines is 1. The molecule has 16 heavy (non-hydrogen) atoms. The molecule has 2 rings (SSSR count). The van der Waals surface area contributed by atoms with Crippen molar-refractivity contribution in [2.45, 2.75) is 32.6 Å². The summed E-state index contributed by atoms with van der Waals surface area (Å²) in [6.45, 7) is 4.04. The van der Waals surface area contributed by atoms with Gasteiger partial charge in [-0.1, -0.05) is 6.92 Å². The van der Waals surface area contributed by atoms with E-state index in [-0.39, 0.29) is 5.56 Å². The van der Waals surface area contributed by atoms with Crippen molar-refractivity contribution >= 4 is 28.5 Å². The third-order valence-electron chi connectivity index (χ3n) is 2.91. The van der Waals surface area contributed by atoms with Gasteiger partial charge in [-0.25, -0.2) is 4.98 Å². The first-order valence-corrected chi connectivity index (χ1v) is 6.84. The number of aromatic amines is 1. The van der Waals surface area contributed by atoms with Crippen molar-refractivity contribution in [1.82, 2.24) is 9.97 Å². The van der Waals surface area contributed by atoms with Crippen LogP contribution in [-0.2, 0) is 6.42 Å². The maximum absolute atomic E-state index is 11.7.